The number of amides is 1. The summed E-state index contributed by atoms with van der Waals surface area (Å²) in [5, 5.41) is 22.5. The fraction of sp³-hybridized carbons (Fsp3) is 0.688. The average molecular weight is 351 g/mol. The number of β-lactam (4-membered cyclic amide) rings is 1. The van der Waals surface area contributed by atoms with Gasteiger partial charge in [0, 0.05) is 32.6 Å². The molecule has 3 heterocycles. The number of carbonyl (C=O) groups excluding carboxylic acids is 1. The van der Waals surface area contributed by atoms with Crippen LogP contribution in [0.1, 0.15) is 13.8 Å². The molecule has 0 aromatic carbocycles. The number of nitrogens with zero attached hydrogens (tertiary/aromatic N) is 3. The van der Waals surface area contributed by atoms with Crippen molar-refractivity contribution < 1.29 is 19.8 Å². The Morgan fingerprint density at radius 1 is 1.48 bits per heavy atom. The molecule has 1 amide bonds. The van der Waals surface area contributed by atoms with Crippen molar-refractivity contribution in [3.8, 4) is 0 Å². The Balaban J connectivity index is 1.71. The highest BCUT2D eigenvalue weighted by molar-refractivity contribution is 6.00. The molecule has 2 unspecified atom stereocenters. The Morgan fingerprint density at radius 2 is 2.12 bits per heavy atom. The van der Waals surface area contributed by atoms with Crippen LogP contribution in [0.5, 0.6) is 0 Å². The summed E-state index contributed by atoms with van der Waals surface area (Å²) in [5.74, 6) is -1.60. The lowest BCUT2D eigenvalue weighted by Crippen LogP contribution is -2.63. The minimum absolute atomic E-state index is 0.0855. The number of aliphatic hydroxyl groups is 1. The van der Waals surface area contributed by atoms with Crippen LogP contribution in [0.3, 0.4) is 0 Å². The molecule has 0 aromatic rings. The highest BCUT2D eigenvalue weighted by Crippen LogP contribution is 2.47. The first kappa shape index (κ1) is 17.7. The first-order valence-corrected chi connectivity index (χ1v) is 8.44. The van der Waals surface area contributed by atoms with Gasteiger partial charge in [0.15, 0.2) is 5.96 Å². The van der Waals surface area contributed by atoms with Gasteiger partial charge in [0.2, 0.25) is 5.91 Å². The molecule has 138 valence electrons. The number of carboxylic acid groups (broad SMARTS) is 1. The summed E-state index contributed by atoms with van der Waals surface area (Å²) >= 11 is 0. The van der Waals surface area contributed by atoms with E-state index in [1.54, 1.807) is 14.0 Å². The summed E-state index contributed by atoms with van der Waals surface area (Å²) in [6.07, 6.45) is -0.778. The van der Waals surface area contributed by atoms with Gasteiger partial charge in [-0.1, -0.05) is 6.92 Å². The molecule has 2 saturated heterocycles. The molecule has 5 N–H and O–H groups in total. The summed E-state index contributed by atoms with van der Waals surface area (Å²) in [7, 11) is 1.61. The van der Waals surface area contributed by atoms with Crippen LogP contribution >= 0.6 is 0 Å². The van der Waals surface area contributed by atoms with E-state index in [-0.39, 0.29) is 29.6 Å². The molecule has 0 bridgehead atoms. The average Bonchev–Trinajstić information content (AvgIpc) is 2.74. The van der Waals surface area contributed by atoms with Gasteiger partial charge in [-0.2, -0.15) is 0 Å². The second-order valence-electron chi connectivity index (χ2n) is 7.08. The molecule has 2 fully saturated rings. The zero-order chi connectivity index (χ0) is 18.5. The van der Waals surface area contributed by atoms with E-state index < -0.39 is 18.0 Å². The molecular formula is C16H25N5O4. The quantitative estimate of drug-likeness (QED) is 0.266. The van der Waals surface area contributed by atoms with Crippen LogP contribution in [-0.4, -0.2) is 82.7 Å². The number of carboxylic acids is 1. The number of hydrogen-bond donors (Lipinski definition) is 4. The lowest BCUT2D eigenvalue weighted by atomic mass is 9.77. The van der Waals surface area contributed by atoms with Crippen LogP contribution in [0.2, 0.25) is 0 Å². The number of carbonyl (C=O) groups is 2. The molecule has 0 aromatic heterocycles. The van der Waals surface area contributed by atoms with Gasteiger partial charge in [0.25, 0.3) is 0 Å². The van der Waals surface area contributed by atoms with Crippen molar-refractivity contribution in [1.82, 2.24) is 15.1 Å². The van der Waals surface area contributed by atoms with E-state index in [2.05, 4.69) is 15.2 Å². The SMILES string of the molecule is CN=C(N)NC1CN(CC2=C(C(=O)O)N3C(=O)C([C@@H](C)O)C3[C@H]2C)C1. The number of fused-ring (bicyclic) bond motifs is 1. The number of aliphatic carboxylic acids is 1. The molecule has 25 heavy (non-hydrogen) atoms. The maximum Gasteiger partial charge on any atom is 0.352 e. The van der Waals surface area contributed by atoms with Gasteiger partial charge in [-0.15, -0.1) is 0 Å². The Bertz CT molecular complexity index is 653. The largest absolute Gasteiger partial charge is 0.477 e. The summed E-state index contributed by atoms with van der Waals surface area (Å²) in [6.45, 7) is 5.48. The normalized spacial score (nSPS) is 31.5. The molecule has 9 heteroatoms. The number of aliphatic imine (C=N–C) groups is 1. The van der Waals surface area contributed by atoms with Gasteiger partial charge in [-0.25, -0.2) is 4.79 Å². The van der Waals surface area contributed by atoms with E-state index in [1.165, 1.54) is 4.90 Å². The zero-order valence-electron chi connectivity index (χ0n) is 14.6. The van der Waals surface area contributed by atoms with Gasteiger partial charge >= 0.3 is 5.97 Å². The summed E-state index contributed by atoms with van der Waals surface area (Å²) in [5.41, 5.74) is 6.49. The number of hydrogen-bond acceptors (Lipinski definition) is 5. The zero-order valence-corrected chi connectivity index (χ0v) is 14.6. The number of nitrogens with two attached hydrogens (primary N) is 1. The smallest absolute Gasteiger partial charge is 0.352 e. The number of nitrogens with one attached hydrogen (secondary N) is 1. The molecule has 3 aliphatic rings. The van der Waals surface area contributed by atoms with Crippen molar-refractivity contribution in [3.05, 3.63) is 11.3 Å². The standard InChI is InChI=1S/C16H25N5O4/c1-7-10(6-20-4-9(5-20)19-16(17)18-3)13(15(24)25)21-12(7)11(8(2)22)14(21)23/h7-9,11-12,22H,4-6H2,1-3H3,(H,24,25)(H3,17,18,19)/t7-,8+,11?,12?/m0/s1. The molecule has 0 aliphatic carbocycles. The predicted molar refractivity (Wildman–Crippen MR) is 90.5 cm³/mol. The minimum Gasteiger partial charge on any atom is -0.477 e. The highest BCUT2D eigenvalue weighted by Gasteiger charge is 2.59. The maximum absolute atomic E-state index is 12.3. The van der Waals surface area contributed by atoms with E-state index >= 15 is 0 Å². The fourth-order valence-corrected chi connectivity index (χ4v) is 4.16. The first-order chi connectivity index (χ1) is 11.8. The van der Waals surface area contributed by atoms with Crippen molar-refractivity contribution >= 4 is 17.8 Å². The lowest BCUT2D eigenvalue weighted by Gasteiger charge is -2.46. The summed E-state index contributed by atoms with van der Waals surface area (Å²) in [4.78, 5) is 31.3. The molecular weight excluding hydrogens is 326 g/mol. The fourth-order valence-electron chi connectivity index (χ4n) is 4.16. The van der Waals surface area contributed by atoms with Crippen molar-refractivity contribution in [2.75, 3.05) is 26.7 Å². The predicted octanol–water partition coefficient (Wildman–Crippen LogP) is -1.60. The third kappa shape index (κ3) is 2.77. The number of likely N-dealkylation sites (tertiary alicyclic amines) is 1. The summed E-state index contributed by atoms with van der Waals surface area (Å²) < 4.78 is 0. The van der Waals surface area contributed by atoms with Gasteiger partial charge in [0.1, 0.15) is 5.70 Å². The van der Waals surface area contributed by atoms with Crippen molar-refractivity contribution in [1.29, 1.82) is 0 Å². The number of aliphatic hydroxyl groups excluding tert-OH is 1. The van der Waals surface area contributed by atoms with Crippen molar-refractivity contribution in [3.63, 3.8) is 0 Å². The van der Waals surface area contributed by atoms with Crippen LogP contribution in [0, 0.1) is 11.8 Å². The first-order valence-electron chi connectivity index (χ1n) is 8.44. The van der Waals surface area contributed by atoms with Gasteiger partial charge in [0.05, 0.1) is 24.1 Å². The molecule has 3 rings (SSSR count). The maximum atomic E-state index is 12.3. The highest BCUT2D eigenvalue weighted by atomic mass is 16.4. The second-order valence-corrected chi connectivity index (χ2v) is 7.08. The Hall–Kier alpha value is -2.13. The molecule has 4 atom stereocenters. The monoisotopic (exact) mass is 351 g/mol. The molecule has 0 radical (unpaired) electrons. The Kier molecular flexibility index (Phi) is 4.46. The molecule has 0 saturated carbocycles. The van der Waals surface area contributed by atoms with E-state index in [4.69, 9.17) is 5.73 Å². The van der Waals surface area contributed by atoms with Crippen LogP contribution < -0.4 is 11.1 Å². The van der Waals surface area contributed by atoms with Crippen molar-refractivity contribution in [2.24, 2.45) is 22.6 Å². The van der Waals surface area contributed by atoms with Crippen molar-refractivity contribution in [2.45, 2.75) is 32.0 Å². The van der Waals surface area contributed by atoms with Gasteiger partial charge in [-0.05, 0) is 12.5 Å². The van der Waals surface area contributed by atoms with Gasteiger partial charge in [-0.3, -0.25) is 14.7 Å². The Morgan fingerprint density at radius 3 is 2.64 bits per heavy atom. The van der Waals surface area contributed by atoms with Gasteiger partial charge < -0.3 is 26.2 Å². The van der Waals surface area contributed by atoms with Crippen LogP contribution in [0.25, 0.3) is 0 Å². The Labute approximate surface area is 146 Å². The van der Waals surface area contributed by atoms with E-state index in [9.17, 15) is 19.8 Å². The van der Waals surface area contributed by atoms with E-state index in [1.807, 2.05) is 6.92 Å². The topological polar surface area (TPSA) is 131 Å². The van der Waals surface area contributed by atoms with Crippen LogP contribution in [0.15, 0.2) is 16.3 Å². The number of guanidine groups is 1. The molecule has 3 aliphatic heterocycles. The molecule has 0 spiro atoms. The van der Waals surface area contributed by atoms with Crippen LogP contribution in [-0.2, 0) is 9.59 Å². The van der Waals surface area contributed by atoms with E-state index in [0.29, 0.717) is 12.5 Å². The third-order valence-electron chi connectivity index (χ3n) is 5.46. The van der Waals surface area contributed by atoms with E-state index in [0.717, 1.165) is 18.7 Å². The third-order valence-corrected chi connectivity index (χ3v) is 5.46. The van der Waals surface area contributed by atoms with Crippen LogP contribution in [0.4, 0.5) is 0 Å². The minimum atomic E-state index is -1.08. The lowest BCUT2D eigenvalue weighted by molar-refractivity contribution is -0.163. The number of rotatable bonds is 5. The molecule has 9 nitrogen and oxygen atoms in total. The second kappa shape index (κ2) is 6.30. The summed E-state index contributed by atoms with van der Waals surface area (Å²) in [6, 6.07) is -0.0650.